The van der Waals surface area contributed by atoms with Crippen LogP contribution < -0.4 is 10.5 Å². The largest absolute Gasteiger partial charge is 0.491 e. The number of rotatable bonds is 6. The van der Waals surface area contributed by atoms with Crippen LogP contribution in [0.5, 0.6) is 5.75 Å². The number of nitrogens with two attached hydrogens (primary N) is 1. The summed E-state index contributed by atoms with van der Waals surface area (Å²) in [6.07, 6.45) is -0.781. The van der Waals surface area contributed by atoms with Gasteiger partial charge in [-0.15, -0.1) is 0 Å². The Morgan fingerprint density at radius 2 is 1.94 bits per heavy atom. The number of pyridine rings is 1. The van der Waals surface area contributed by atoms with E-state index in [0.717, 1.165) is 23.1 Å². The summed E-state index contributed by atoms with van der Waals surface area (Å²) >= 11 is 0. The van der Waals surface area contributed by atoms with E-state index >= 15 is 0 Å². The zero-order valence-corrected chi connectivity index (χ0v) is 18.4. The first kappa shape index (κ1) is 21.5. The van der Waals surface area contributed by atoms with Crippen LogP contribution in [-0.2, 0) is 11.3 Å². The fourth-order valence-corrected chi connectivity index (χ4v) is 4.11. The third-order valence-corrected chi connectivity index (χ3v) is 5.77. The van der Waals surface area contributed by atoms with Crippen molar-refractivity contribution >= 4 is 27.8 Å². The maximum absolute atomic E-state index is 10.6. The van der Waals surface area contributed by atoms with E-state index in [1.54, 1.807) is 16.8 Å². The van der Waals surface area contributed by atoms with E-state index in [4.69, 9.17) is 20.2 Å². The van der Waals surface area contributed by atoms with Gasteiger partial charge in [0, 0.05) is 24.2 Å². The van der Waals surface area contributed by atoms with Crippen molar-refractivity contribution < 1.29 is 19.7 Å². The molecular weight excluding hydrogens is 424 g/mol. The second kappa shape index (κ2) is 8.56. The standard InChI is InChI=1S/C23H26N6O4/c1-28(2)10-14-5-3-13-4-6-15(9-17(13)27-14)32-11-18-19(30)20(31)23(33-18)29-8-7-16-21(24)25-12-26-22(16)29/h3-9,12,18-20,23,30-31H,10-11H2,1-2H3,(H2,24,25,26)/t18-,19-,20-,23-/m1/s1. The van der Waals surface area contributed by atoms with Crippen LogP contribution in [-0.4, -0.2) is 73.6 Å². The molecule has 4 aromatic rings. The Hall–Kier alpha value is -3.31. The molecule has 1 aliphatic rings. The molecular formula is C23H26N6O4. The predicted octanol–water partition coefficient (Wildman–Crippen LogP) is 1.32. The van der Waals surface area contributed by atoms with E-state index in [-0.39, 0.29) is 6.61 Å². The zero-order chi connectivity index (χ0) is 23.1. The van der Waals surface area contributed by atoms with Gasteiger partial charge in [0.2, 0.25) is 0 Å². The Kier molecular flexibility index (Phi) is 5.59. The monoisotopic (exact) mass is 450 g/mol. The smallest absolute Gasteiger partial charge is 0.164 e. The molecule has 0 saturated carbocycles. The van der Waals surface area contributed by atoms with Crippen LogP contribution in [0.1, 0.15) is 11.9 Å². The third-order valence-electron chi connectivity index (χ3n) is 5.77. The molecule has 0 spiro atoms. The Morgan fingerprint density at radius 1 is 1.12 bits per heavy atom. The van der Waals surface area contributed by atoms with Crippen molar-refractivity contribution in [3.8, 4) is 5.75 Å². The number of ether oxygens (including phenoxy) is 2. The number of nitrogen functional groups attached to an aromatic ring is 1. The predicted molar refractivity (Wildman–Crippen MR) is 122 cm³/mol. The summed E-state index contributed by atoms with van der Waals surface area (Å²) in [6.45, 7) is 0.807. The average molecular weight is 450 g/mol. The number of aliphatic hydroxyl groups excluding tert-OH is 2. The minimum Gasteiger partial charge on any atom is -0.491 e. The lowest BCUT2D eigenvalue weighted by atomic mass is 10.1. The van der Waals surface area contributed by atoms with E-state index in [1.165, 1.54) is 6.33 Å². The highest BCUT2D eigenvalue weighted by atomic mass is 16.6. The summed E-state index contributed by atoms with van der Waals surface area (Å²) in [5.74, 6) is 0.947. The van der Waals surface area contributed by atoms with Gasteiger partial charge in [-0.25, -0.2) is 9.97 Å². The molecule has 1 aromatic carbocycles. The van der Waals surface area contributed by atoms with E-state index < -0.39 is 24.5 Å². The maximum Gasteiger partial charge on any atom is 0.164 e. The van der Waals surface area contributed by atoms with Crippen LogP contribution in [0.25, 0.3) is 21.9 Å². The third kappa shape index (κ3) is 4.09. The molecule has 1 aliphatic heterocycles. The van der Waals surface area contributed by atoms with E-state index in [9.17, 15) is 10.2 Å². The van der Waals surface area contributed by atoms with Gasteiger partial charge in [0.15, 0.2) is 6.23 Å². The fraction of sp³-hybridized carbons (Fsp3) is 0.348. The van der Waals surface area contributed by atoms with Crippen molar-refractivity contribution in [2.24, 2.45) is 0 Å². The van der Waals surface area contributed by atoms with Gasteiger partial charge in [-0.2, -0.15) is 0 Å². The first-order valence-electron chi connectivity index (χ1n) is 10.7. The molecule has 4 atom stereocenters. The van der Waals surface area contributed by atoms with Crippen LogP contribution in [0.15, 0.2) is 48.9 Å². The maximum atomic E-state index is 10.6. The minimum atomic E-state index is -1.16. The Labute approximate surface area is 190 Å². The van der Waals surface area contributed by atoms with E-state index in [2.05, 4.69) is 14.9 Å². The van der Waals surface area contributed by atoms with E-state index in [0.29, 0.717) is 22.6 Å². The molecule has 1 saturated heterocycles. The number of aromatic nitrogens is 4. The molecule has 3 aromatic heterocycles. The van der Waals surface area contributed by atoms with Crippen LogP contribution >= 0.6 is 0 Å². The highest BCUT2D eigenvalue weighted by Gasteiger charge is 2.44. The summed E-state index contributed by atoms with van der Waals surface area (Å²) in [7, 11) is 4.00. The second-order valence-electron chi connectivity index (χ2n) is 8.47. The van der Waals surface area contributed by atoms with Crippen LogP contribution in [0.3, 0.4) is 0 Å². The average Bonchev–Trinajstić information content (AvgIpc) is 3.34. The molecule has 1 fully saturated rings. The molecule has 0 radical (unpaired) electrons. The molecule has 4 N–H and O–H groups in total. The Balaban J connectivity index is 1.31. The lowest BCUT2D eigenvalue weighted by Crippen LogP contribution is -2.34. The zero-order valence-electron chi connectivity index (χ0n) is 18.4. The SMILES string of the molecule is CN(C)Cc1ccc2ccc(OC[C@H]3O[C@@H](n4ccc5c(N)ncnc54)[C@H](O)[C@@H]3O)cc2n1. The van der Waals surface area contributed by atoms with Gasteiger partial charge in [-0.3, -0.25) is 4.98 Å². The molecule has 33 heavy (non-hydrogen) atoms. The summed E-state index contributed by atoms with van der Waals surface area (Å²) in [5, 5.41) is 22.9. The van der Waals surface area contributed by atoms with Crippen LogP contribution in [0.2, 0.25) is 0 Å². The lowest BCUT2D eigenvalue weighted by Gasteiger charge is -2.17. The van der Waals surface area contributed by atoms with Gasteiger partial charge in [-0.05, 0) is 38.4 Å². The number of hydrogen-bond donors (Lipinski definition) is 3. The van der Waals surface area contributed by atoms with Crippen molar-refractivity contribution in [3.05, 3.63) is 54.6 Å². The molecule has 4 heterocycles. The van der Waals surface area contributed by atoms with Gasteiger partial charge in [-0.1, -0.05) is 6.07 Å². The van der Waals surface area contributed by atoms with Gasteiger partial charge in [0.25, 0.3) is 0 Å². The number of aliphatic hydroxyl groups is 2. The van der Waals surface area contributed by atoms with Crippen molar-refractivity contribution in [3.63, 3.8) is 0 Å². The van der Waals surface area contributed by atoms with Gasteiger partial charge < -0.3 is 34.9 Å². The Morgan fingerprint density at radius 3 is 2.76 bits per heavy atom. The highest BCUT2D eigenvalue weighted by molar-refractivity contribution is 5.86. The van der Waals surface area contributed by atoms with Gasteiger partial charge in [0.05, 0.1) is 16.6 Å². The van der Waals surface area contributed by atoms with E-state index in [1.807, 2.05) is 44.4 Å². The molecule has 10 heteroatoms. The fourth-order valence-electron chi connectivity index (χ4n) is 4.11. The van der Waals surface area contributed by atoms with Gasteiger partial charge in [0.1, 0.15) is 48.5 Å². The van der Waals surface area contributed by atoms with Crippen molar-refractivity contribution in [2.75, 3.05) is 26.4 Å². The highest BCUT2D eigenvalue weighted by Crippen LogP contribution is 2.33. The first-order valence-corrected chi connectivity index (χ1v) is 10.7. The minimum absolute atomic E-state index is 0.0634. The number of benzene rings is 1. The molecule has 5 rings (SSSR count). The van der Waals surface area contributed by atoms with Crippen LogP contribution in [0.4, 0.5) is 5.82 Å². The summed E-state index contributed by atoms with van der Waals surface area (Å²) in [5.41, 5.74) is 8.21. The first-order chi connectivity index (χ1) is 15.9. The van der Waals surface area contributed by atoms with Crippen molar-refractivity contribution in [2.45, 2.75) is 31.1 Å². The van der Waals surface area contributed by atoms with Crippen molar-refractivity contribution in [1.29, 1.82) is 0 Å². The topological polar surface area (TPSA) is 132 Å². The van der Waals surface area contributed by atoms with Gasteiger partial charge >= 0.3 is 0 Å². The number of fused-ring (bicyclic) bond motifs is 2. The number of hydrogen-bond acceptors (Lipinski definition) is 9. The lowest BCUT2D eigenvalue weighted by molar-refractivity contribution is -0.0471. The molecule has 0 bridgehead atoms. The number of nitrogens with zero attached hydrogens (tertiary/aromatic N) is 5. The molecule has 0 unspecified atom stereocenters. The molecule has 0 aliphatic carbocycles. The Bertz CT molecular complexity index is 1290. The normalized spacial score (nSPS) is 23.1. The van der Waals surface area contributed by atoms with Crippen LogP contribution in [0, 0.1) is 0 Å². The quantitative estimate of drug-likeness (QED) is 0.398. The molecule has 0 amide bonds. The summed E-state index contributed by atoms with van der Waals surface area (Å²) in [6, 6.07) is 11.5. The summed E-state index contributed by atoms with van der Waals surface area (Å²) in [4.78, 5) is 15.0. The number of anilines is 1. The summed E-state index contributed by atoms with van der Waals surface area (Å²) < 4.78 is 13.5. The molecule has 10 nitrogen and oxygen atoms in total. The van der Waals surface area contributed by atoms with Crippen molar-refractivity contribution in [1.82, 2.24) is 24.4 Å². The molecule has 172 valence electrons. The second-order valence-corrected chi connectivity index (χ2v) is 8.47.